The molecule has 0 radical (unpaired) electrons. The average molecular weight is 374 g/mol. The van der Waals surface area contributed by atoms with Gasteiger partial charge in [-0.15, -0.1) is 0 Å². The van der Waals surface area contributed by atoms with Gasteiger partial charge in [-0.3, -0.25) is 9.59 Å². The molecule has 21 heavy (non-hydrogen) atoms. The summed E-state index contributed by atoms with van der Waals surface area (Å²) >= 11 is 4.09. The first-order valence-electron chi connectivity index (χ1n) is 6.28. The zero-order valence-corrected chi connectivity index (χ0v) is 13.7. The molecule has 0 aromatic heterocycles. The number of halogens is 2. The van der Waals surface area contributed by atoms with Gasteiger partial charge in [0.05, 0.1) is 5.56 Å². The van der Waals surface area contributed by atoms with E-state index >= 15 is 0 Å². The van der Waals surface area contributed by atoms with Crippen molar-refractivity contribution in [1.82, 2.24) is 0 Å². The van der Waals surface area contributed by atoms with Crippen LogP contribution in [0.25, 0.3) is 10.4 Å². The molecule has 0 atom stereocenters. The number of amides is 1. The lowest BCUT2D eigenvalue weighted by molar-refractivity contribution is -0.111. The number of rotatable bonds is 6. The molecule has 1 rings (SSSR count). The molecule has 1 aromatic carbocycles. The maximum atomic E-state index is 13.7. The van der Waals surface area contributed by atoms with Crippen LogP contribution in [0.15, 0.2) is 26.6 Å². The fourth-order valence-corrected chi connectivity index (χ4v) is 2.94. The van der Waals surface area contributed by atoms with Crippen LogP contribution in [0.2, 0.25) is 0 Å². The maximum Gasteiger partial charge on any atom is 0.252 e. The highest BCUT2D eigenvalue weighted by Gasteiger charge is 2.16. The summed E-state index contributed by atoms with van der Waals surface area (Å²) in [5, 5.41) is 2.80. The average Bonchev–Trinajstić information content (AvgIpc) is 2.42. The molecular formula is C13H13BrFN3O2S. The van der Waals surface area contributed by atoms with E-state index in [-0.39, 0.29) is 10.7 Å². The number of azide groups is 1. The number of benzene rings is 1. The topological polar surface area (TPSA) is 82.9 Å². The molecular weight excluding hydrogens is 361 g/mol. The number of nitrogens with zero attached hydrogens (tertiary/aromatic N) is 3. The second-order valence-electron chi connectivity index (χ2n) is 4.19. The van der Waals surface area contributed by atoms with Crippen LogP contribution >= 0.6 is 27.7 Å². The lowest BCUT2D eigenvalue weighted by Gasteiger charge is -2.06. The van der Waals surface area contributed by atoms with Crippen LogP contribution in [-0.2, 0) is 4.79 Å². The highest BCUT2D eigenvalue weighted by molar-refractivity contribution is 9.10. The largest absolute Gasteiger partial charge is 0.287 e. The van der Waals surface area contributed by atoms with Gasteiger partial charge in [0.25, 0.3) is 5.91 Å². The molecule has 0 saturated carbocycles. The number of hydrogen-bond acceptors (Lipinski definition) is 3. The highest BCUT2D eigenvalue weighted by Crippen LogP contribution is 2.32. The first-order valence-corrected chi connectivity index (χ1v) is 7.89. The smallest absolute Gasteiger partial charge is 0.252 e. The molecule has 0 N–H and O–H groups in total. The Bertz CT molecular complexity index is 603. The minimum atomic E-state index is -1.01. The van der Waals surface area contributed by atoms with E-state index in [0.29, 0.717) is 15.8 Å². The van der Waals surface area contributed by atoms with Gasteiger partial charge in [-0.05, 0) is 45.1 Å². The van der Waals surface area contributed by atoms with E-state index in [1.54, 1.807) is 0 Å². The van der Waals surface area contributed by atoms with E-state index in [2.05, 4.69) is 26.0 Å². The molecule has 0 fully saturated rings. The van der Waals surface area contributed by atoms with Crippen LogP contribution in [0.5, 0.6) is 0 Å². The number of unbranched alkanes of at least 4 members (excludes halogenated alkanes) is 2. The normalized spacial score (nSPS) is 10.0. The van der Waals surface area contributed by atoms with Crippen molar-refractivity contribution >= 4 is 38.7 Å². The summed E-state index contributed by atoms with van der Waals surface area (Å²) in [4.78, 5) is 26.0. The van der Waals surface area contributed by atoms with Crippen LogP contribution in [0, 0.1) is 5.82 Å². The third kappa shape index (κ3) is 5.49. The minimum Gasteiger partial charge on any atom is -0.287 e. The Labute approximate surface area is 134 Å². The zero-order chi connectivity index (χ0) is 15.8. The summed E-state index contributed by atoms with van der Waals surface area (Å²) in [5.41, 5.74) is 7.88. The van der Waals surface area contributed by atoms with Crippen molar-refractivity contribution in [3.8, 4) is 0 Å². The number of carbonyl (C=O) groups excluding carboxylic acids is 2. The molecule has 5 nitrogen and oxygen atoms in total. The van der Waals surface area contributed by atoms with E-state index in [4.69, 9.17) is 5.53 Å². The number of hydrogen-bond donors (Lipinski definition) is 0. The molecule has 0 spiro atoms. The molecule has 0 saturated heterocycles. The van der Waals surface area contributed by atoms with Gasteiger partial charge in [0.2, 0.25) is 0 Å². The molecule has 0 aliphatic rings. The van der Waals surface area contributed by atoms with Gasteiger partial charge < -0.3 is 0 Å². The predicted octanol–water partition coefficient (Wildman–Crippen LogP) is 5.24. The first kappa shape index (κ1) is 17.7. The monoisotopic (exact) mass is 373 g/mol. The van der Waals surface area contributed by atoms with E-state index in [1.807, 2.05) is 6.92 Å². The Morgan fingerprint density at radius 3 is 2.76 bits per heavy atom. The van der Waals surface area contributed by atoms with Gasteiger partial charge in [-0.1, -0.05) is 31.5 Å². The molecule has 0 heterocycles. The van der Waals surface area contributed by atoms with Crippen molar-refractivity contribution < 1.29 is 14.0 Å². The van der Waals surface area contributed by atoms with Crippen molar-refractivity contribution in [2.24, 2.45) is 5.11 Å². The van der Waals surface area contributed by atoms with Gasteiger partial charge in [0, 0.05) is 20.7 Å². The van der Waals surface area contributed by atoms with Crippen LogP contribution in [-0.4, -0.2) is 11.0 Å². The molecule has 0 bridgehead atoms. The van der Waals surface area contributed by atoms with Gasteiger partial charge in [0.1, 0.15) is 5.82 Å². The van der Waals surface area contributed by atoms with Gasteiger partial charge in [0.15, 0.2) is 5.12 Å². The number of thioether (sulfide) groups is 1. The number of carbonyl (C=O) groups is 2. The first-order chi connectivity index (χ1) is 9.99. The summed E-state index contributed by atoms with van der Waals surface area (Å²) in [5.74, 6) is -1.81. The molecule has 0 unspecified atom stereocenters. The molecule has 0 aliphatic carbocycles. The van der Waals surface area contributed by atoms with Gasteiger partial charge in [-0.25, -0.2) is 4.39 Å². The summed E-state index contributed by atoms with van der Waals surface area (Å²) in [6.07, 6.45) is 3.20. The maximum absolute atomic E-state index is 13.7. The van der Waals surface area contributed by atoms with Crippen LogP contribution in [0.4, 0.5) is 4.39 Å². The van der Waals surface area contributed by atoms with Crippen molar-refractivity contribution in [3.63, 3.8) is 0 Å². The van der Waals surface area contributed by atoms with Crippen molar-refractivity contribution in [3.05, 3.63) is 38.4 Å². The van der Waals surface area contributed by atoms with Crippen molar-refractivity contribution in [2.75, 3.05) is 0 Å². The van der Waals surface area contributed by atoms with Crippen LogP contribution < -0.4 is 0 Å². The summed E-state index contributed by atoms with van der Waals surface area (Å²) in [6.45, 7) is 2.04. The SMILES string of the molecule is CCCCCC(=O)Sc1cc(C(=O)N=[N+]=[N-])c(F)cc1Br. The highest BCUT2D eigenvalue weighted by atomic mass is 79.9. The second kappa shape index (κ2) is 8.81. The zero-order valence-electron chi connectivity index (χ0n) is 11.3. The Kier molecular flexibility index (Phi) is 7.42. The third-order valence-electron chi connectivity index (χ3n) is 2.60. The third-order valence-corrected chi connectivity index (χ3v) is 4.50. The van der Waals surface area contributed by atoms with Crippen molar-refractivity contribution in [1.29, 1.82) is 0 Å². The second-order valence-corrected chi connectivity index (χ2v) is 6.14. The molecule has 8 heteroatoms. The Balaban J connectivity index is 2.92. The predicted molar refractivity (Wildman–Crippen MR) is 82.6 cm³/mol. The van der Waals surface area contributed by atoms with Crippen molar-refractivity contribution in [2.45, 2.75) is 37.5 Å². The standard InChI is InChI=1S/C13H13BrFN3O2S/c1-2-3-4-5-12(19)21-11-6-8(13(20)17-18-16)10(15)7-9(11)14/h6-7H,2-5H2,1H3. The minimum absolute atomic E-state index is 0.0575. The van der Waals surface area contributed by atoms with E-state index < -0.39 is 11.7 Å². The Morgan fingerprint density at radius 1 is 1.43 bits per heavy atom. The fraction of sp³-hybridized carbons (Fsp3) is 0.385. The molecule has 1 amide bonds. The molecule has 112 valence electrons. The summed E-state index contributed by atoms with van der Waals surface area (Å²) in [6, 6.07) is 2.31. The van der Waals surface area contributed by atoms with Gasteiger partial charge in [-0.2, -0.15) is 0 Å². The fourth-order valence-electron chi connectivity index (χ4n) is 1.56. The summed E-state index contributed by atoms with van der Waals surface area (Å²) < 4.78 is 14.0. The molecule has 1 aromatic rings. The summed E-state index contributed by atoms with van der Waals surface area (Å²) in [7, 11) is 0. The van der Waals surface area contributed by atoms with E-state index in [1.165, 1.54) is 6.07 Å². The van der Waals surface area contributed by atoms with Gasteiger partial charge >= 0.3 is 0 Å². The quantitative estimate of drug-likeness (QED) is 0.224. The lowest BCUT2D eigenvalue weighted by atomic mass is 10.2. The Morgan fingerprint density at radius 2 is 2.14 bits per heavy atom. The van der Waals surface area contributed by atoms with E-state index in [9.17, 15) is 14.0 Å². The lowest BCUT2D eigenvalue weighted by Crippen LogP contribution is -2.00. The van der Waals surface area contributed by atoms with Crippen LogP contribution in [0.1, 0.15) is 43.0 Å². The van der Waals surface area contributed by atoms with Crippen LogP contribution in [0.3, 0.4) is 0 Å². The Hall–Kier alpha value is -1.37. The molecule has 0 aliphatic heterocycles. The van der Waals surface area contributed by atoms with E-state index in [0.717, 1.165) is 37.1 Å².